The van der Waals surface area contributed by atoms with Crippen LogP contribution in [0.4, 0.5) is 9.59 Å². The van der Waals surface area contributed by atoms with Crippen LogP contribution in [0.25, 0.3) is 0 Å². The highest BCUT2D eigenvalue weighted by atomic mass is 28.4. The Kier molecular flexibility index (Phi) is 18.6. The molecular weight excluding hydrogens is 1370 g/mol. The predicted molar refractivity (Wildman–Crippen MR) is 389 cm³/mol. The van der Waals surface area contributed by atoms with Gasteiger partial charge in [-0.15, -0.1) is 0 Å². The number of esters is 1. The zero-order valence-corrected chi connectivity index (χ0v) is 70.0. The fourth-order valence-electron chi connectivity index (χ4n) is 24.8. The molecule has 2 spiro atoms. The summed E-state index contributed by atoms with van der Waals surface area (Å²) in [6.45, 7) is 57.0. The lowest BCUT2D eigenvalue weighted by atomic mass is 9.42. The van der Waals surface area contributed by atoms with Gasteiger partial charge in [-0.05, 0) is 150 Å². The van der Waals surface area contributed by atoms with Crippen molar-refractivity contribution in [1.29, 1.82) is 0 Å². The van der Waals surface area contributed by atoms with E-state index in [1.165, 1.54) is 6.92 Å². The van der Waals surface area contributed by atoms with Gasteiger partial charge in [0.15, 0.2) is 54.0 Å². The molecule has 6 bridgehead atoms. The Balaban J connectivity index is 0.000000146. The molecule has 0 unspecified atom stereocenters. The van der Waals surface area contributed by atoms with Crippen molar-refractivity contribution >= 4 is 60.6 Å². The van der Waals surface area contributed by atoms with Crippen molar-refractivity contribution in [3.63, 3.8) is 0 Å². The van der Waals surface area contributed by atoms with Crippen molar-refractivity contribution in [2.75, 3.05) is 19.8 Å². The Hall–Kier alpha value is -3.51. The van der Waals surface area contributed by atoms with Gasteiger partial charge in [0.1, 0.15) is 40.3 Å². The van der Waals surface area contributed by atoms with E-state index in [-0.39, 0.29) is 91.9 Å². The van der Waals surface area contributed by atoms with Crippen LogP contribution < -0.4 is 0 Å². The summed E-state index contributed by atoms with van der Waals surface area (Å²) in [5.41, 5.74) is -6.49. The lowest BCUT2D eigenvalue weighted by Gasteiger charge is -2.67. The smallest absolute Gasteiger partial charge is 0.454 e. The monoisotopic (exact) mass is 1490 g/mol. The number of aliphatic hydroxyl groups is 4. The zero-order valence-electron chi connectivity index (χ0n) is 67.0. The Morgan fingerprint density at radius 3 is 1.12 bits per heavy atom. The Labute approximate surface area is 614 Å². The van der Waals surface area contributed by atoms with Crippen LogP contribution in [0.15, 0.2) is 33.4 Å². The second kappa shape index (κ2) is 24.2. The first-order valence-corrected chi connectivity index (χ1v) is 48.6. The van der Waals surface area contributed by atoms with Gasteiger partial charge in [0.05, 0.1) is 62.4 Å². The average Bonchev–Trinajstić information content (AvgIpc) is 1.67. The fraction of sp³-hybridized carbons (Fsp3) is 0.848. The number of hydrogen-bond donors (Lipinski definition) is 4. The summed E-state index contributed by atoms with van der Waals surface area (Å²) in [6.07, 6.45) is -3.68. The second-order valence-corrected chi connectivity index (χ2v) is 53.1. The van der Waals surface area contributed by atoms with Gasteiger partial charge >= 0.3 is 18.3 Å². The van der Waals surface area contributed by atoms with Crippen molar-refractivity contribution < 1.29 is 100 Å². The molecule has 0 amide bonds. The molecule has 5 aliphatic heterocycles. The van der Waals surface area contributed by atoms with E-state index < -0.39 is 169 Å². The van der Waals surface area contributed by atoms with Crippen molar-refractivity contribution in [3.8, 4) is 0 Å². The van der Waals surface area contributed by atoms with Crippen molar-refractivity contribution in [2.45, 2.75) is 318 Å². The SMILES string of the molecule is CC(=O)O[C@@]12CO[C@@H]1C[C@H](C)[C@@]1(C)C(=O)[C@H](C)C3=C(C)[C@@H](O[Si](C)(C)C)C[C@]4(OC(=O)O[C@H]4[C@H]21)C3(C)C.CC1=C2[C@@H](C)C(=O)[C@@]3(C)[C@H]([C@@H]4OC(=O)O[C@@]4(C[C@@H]1O[Si](C)(C)C)C2(C)C)[C@]1(O)CO[C@@H]1C[C@@H]3C.CC1=C2[C@@H](C)C(=O)[C@@]3(C)[C@H]([C@H](O)[C@](O)(C[C@@H]1O[Si](C)(C)C)C2(C)C)[C@]1(O)CO[C@@H]1C[C@@H]3C. The highest BCUT2D eigenvalue weighted by Crippen LogP contribution is 2.72. The minimum atomic E-state index is -2.01. The first-order chi connectivity index (χ1) is 46.9. The summed E-state index contributed by atoms with van der Waals surface area (Å²) in [5, 5.41) is 48.0. The Morgan fingerprint density at radius 1 is 0.456 bits per heavy atom. The minimum absolute atomic E-state index is 0.0333. The maximum atomic E-state index is 14.7. The molecule has 578 valence electrons. The van der Waals surface area contributed by atoms with Gasteiger partial charge in [-0.1, -0.05) is 104 Å². The molecule has 21 nitrogen and oxygen atoms in total. The minimum Gasteiger partial charge on any atom is -0.454 e. The second-order valence-electron chi connectivity index (χ2n) is 39.7. The number of ether oxygens (including phenoxy) is 8. The van der Waals surface area contributed by atoms with Crippen LogP contribution in [-0.4, -0.2) is 189 Å². The number of rotatable bonds is 7. The molecule has 27 atom stereocenters. The number of carbonyl (C=O) groups is 6. The number of Topliss-reactive ketones (excluding diaryl/α,β-unsaturated/α-hetero) is 3. The first kappa shape index (κ1) is 79.1. The normalized spacial score (nSPS) is 48.8. The largest absolute Gasteiger partial charge is 0.509 e. The molecule has 0 aromatic carbocycles. The summed E-state index contributed by atoms with van der Waals surface area (Å²) in [6, 6.07) is 0. The summed E-state index contributed by atoms with van der Waals surface area (Å²) in [7, 11) is -5.96. The van der Waals surface area contributed by atoms with Gasteiger partial charge in [-0.2, -0.15) is 0 Å². The van der Waals surface area contributed by atoms with E-state index in [0.717, 1.165) is 33.4 Å². The number of ketones is 3. The molecule has 14 rings (SSSR count). The predicted octanol–water partition coefficient (Wildman–Crippen LogP) is 12.1. The fourth-order valence-corrected chi connectivity index (χ4v) is 28.1. The molecule has 24 heteroatoms. The van der Waals surface area contributed by atoms with Crippen LogP contribution in [0.3, 0.4) is 0 Å². The number of hydrogen-bond acceptors (Lipinski definition) is 21. The standard InChI is InChI=1S/C28H42O8Si.C26H40O7Si.C25H42O6Si/c1-14-11-19-27(13-32-19,34-17(4)29)21-23-28(35-24(31)33-23)12-18(36-37(8,9)10)15(2)20(25(28,5)6)16(3)22(30)26(14,21)7;1-13-10-17-25(29,12-30-17)19-21-26(32-22(28)31-21)11-16(33-34(7,8)9)14(2)18(23(26,4)5)15(3)20(27)24(13,19)6;1-13-10-17-24(28,12-30-17)19-21(27)25(29)11-16(31-32(7,8)9)14(2)18(22(25,4)5)15(3)20(26)23(13,19)6/h14,16,18-19,21,23H,11-13H2,1-10H3;13,15-17,19,21,29H,10-12H2,1-9H3;13,15-17,19,21,27-29H,10-12H2,1-9H3/t14-,16+,18-,19+,21-,23-,26+,27-,28+;13-,15+,16-,17+,19-,21-,24+,25-,26+;13-,15+,16-,17+,19-,21-,23+,24-,25+/m000/s1. The van der Waals surface area contributed by atoms with Gasteiger partial charge in [0.25, 0.3) is 0 Å². The van der Waals surface area contributed by atoms with E-state index in [0.29, 0.717) is 32.1 Å². The zero-order chi connectivity index (χ0) is 77.0. The van der Waals surface area contributed by atoms with Gasteiger partial charge in [-0.3, -0.25) is 19.2 Å². The third-order valence-electron chi connectivity index (χ3n) is 30.1. The third kappa shape index (κ3) is 10.7. The molecule has 9 aliphatic carbocycles. The number of fused-ring (bicyclic) bond motifs is 15. The molecule has 11 fully saturated rings. The highest BCUT2D eigenvalue weighted by molar-refractivity contribution is 6.70. The highest BCUT2D eigenvalue weighted by Gasteiger charge is 2.82. The van der Waals surface area contributed by atoms with Crippen molar-refractivity contribution in [1.82, 2.24) is 0 Å². The van der Waals surface area contributed by atoms with Crippen LogP contribution in [0.2, 0.25) is 58.9 Å². The molecule has 6 saturated carbocycles. The quantitative estimate of drug-likeness (QED) is 0.0797. The van der Waals surface area contributed by atoms with E-state index in [4.69, 9.17) is 51.2 Å². The summed E-state index contributed by atoms with van der Waals surface area (Å²) < 4.78 is 68.0. The molecule has 5 heterocycles. The van der Waals surface area contributed by atoms with Gasteiger partial charge in [0.2, 0.25) is 0 Å². The van der Waals surface area contributed by atoms with E-state index in [1.807, 2.05) is 69.2 Å². The molecule has 103 heavy (non-hydrogen) atoms. The first-order valence-electron chi connectivity index (χ1n) is 38.3. The number of carbonyl (C=O) groups excluding carboxylic acids is 6. The average molecular weight is 1490 g/mol. The maximum absolute atomic E-state index is 14.7. The van der Waals surface area contributed by atoms with Crippen LogP contribution in [0.5, 0.6) is 0 Å². The van der Waals surface area contributed by atoms with E-state index in [1.54, 1.807) is 0 Å². The van der Waals surface area contributed by atoms with Crippen LogP contribution in [-0.2, 0) is 70.4 Å². The molecular formula is C79H124O21Si3. The Bertz CT molecular complexity index is 3670. The third-order valence-corrected chi connectivity index (χ3v) is 33.1. The van der Waals surface area contributed by atoms with Crippen LogP contribution in [0, 0.1) is 85.8 Å². The molecule has 0 aromatic rings. The maximum Gasteiger partial charge on any atom is 0.509 e. The summed E-state index contributed by atoms with van der Waals surface area (Å²) in [5.74, 6) is -3.84. The van der Waals surface area contributed by atoms with Gasteiger partial charge in [-0.25, -0.2) is 9.59 Å². The van der Waals surface area contributed by atoms with Crippen molar-refractivity contribution in [3.05, 3.63) is 33.4 Å². The van der Waals surface area contributed by atoms with Crippen LogP contribution >= 0.6 is 0 Å². The van der Waals surface area contributed by atoms with Gasteiger partial charge < -0.3 is 71.6 Å². The Morgan fingerprint density at radius 2 is 0.777 bits per heavy atom. The lowest BCUT2D eigenvalue weighted by Crippen LogP contribution is -2.79. The van der Waals surface area contributed by atoms with E-state index in [2.05, 4.69) is 114 Å². The van der Waals surface area contributed by atoms with Crippen molar-refractivity contribution in [2.24, 2.45) is 85.8 Å². The lowest BCUT2D eigenvalue weighted by molar-refractivity contribution is -0.337. The summed E-state index contributed by atoms with van der Waals surface area (Å²) >= 11 is 0. The topological polar surface area (TPSA) is 285 Å². The van der Waals surface area contributed by atoms with Gasteiger partial charge in [0, 0.05) is 88.3 Å². The molecule has 0 radical (unpaired) electrons. The molecule has 14 aliphatic rings. The number of aliphatic hydroxyl groups excluding tert-OH is 1. The molecule has 5 saturated heterocycles. The van der Waals surface area contributed by atoms with Crippen LogP contribution in [0.1, 0.15) is 170 Å². The molecule has 0 aromatic heterocycles. The van der Waals surface area contributed by atoms with E-state index in [9.17, 15) is 49.2 Å². The summed E-state index contributed by atoms with van der Waals surface area (Å²) in [4.78, 5) is 82.0. The molecule has 4 N–H and O–H groups in total. The van der Waals surface area contributed by atoms with E-state index >= 15 is 0 Å².